The van der Waals surface area contributed by atoms with Crippen molar-refractivity contribution in [2.24, 2.45) is 0 Å². The van der Waals surface area contributed by atoms with Crippen molar-refractivity contribution in [1.82, 2.24) is 0 Å². The molecule has 2 unspecified atom stereocenters. The van der Waals surface area contributed by atoms with Gasteiger partial charge in [0, 0.05) is 0 Å². The van der Waals surface area contributed by atoms with Gasteiger partial charge in [0.05, 0.1) is 0 Å². The first-order valence-corrected chi connectivity index (χ1v) is 25.1. The van der Waals surface area contributed by atoms with Gasteiger partial charge in [-0.2, -0.15) is 0 Å². The fourth-order valence-electron chi connectivity index (χ4n) is 6.90. The molecule has 0 nitrogen and oxygen atoms in total. The number of hydrogen-bond donors (Lipinski definition) is 0. The third-order valence-electron chi connectivity index (χ3n) is 8.57. The van der Waals surface area contributed by atoms with Gasteiger partial charge in [0.1, 0.15) is 0 Å². The van der Waals surface area contributed by atoms with Gasteiger partial charge in [0.25, 0.3) is 0 Å². The van der Waals surface area contributed by atoms with Crippen LogP contribution in [0.1, 0.15) is 77.0 Å². The van der Waals surface area contributed by atoms with Crippen LogP contribution in [-0.2, 0) is 20.9 Å². The summed E-state index contributed by atoms with van der Waals surface area (Å²) < 4.78 is 1.44. The Bertz CT molecular complexity index is 1400. The average molecular weight is 690 g/mol. The van der Waals surface area contributed by atoms with Crippen LogP contribution < -0.4 is 24.8 Å². The molecule has 0 saturated heterocycles. The predicted molar refractivity (Wildman–Crippen MR) is 176 cm³/mol. The zero-order chi connectivity index (χ0) is 28.1. The van der Waals surface area contributed by atoms with Gasteiger partial charge in [-0.05, 0) is 0 Å². The van der Waals surface area contributed by atoms with E-state index in [0.29, 0.717) is 0 Å². The molecule has 4 aromatic carbocycles. The molecular formula is C38H43Cl2SiZr. The second kappa shape index (κ2) is 16.2. The maximum Gasteiger partial charge on any atom is -1.00 e. The molecule has 0 aliphatic heterocycles. The van der Waals surface area contributed by atoms with Crippen molar-refractivity contribution in [3.8, 4) is 22.3 Å². The number of hydrogen-bond acceptors (Lipinski definition) is 0. The zero-order valence-electron chi connectivity index (χ0n) is 25.6. The summed E-state index contributed by atoms with van der Waals surface area (Å²) in [6.45, 7) is 11.1. The number of allylic oxidation sites excluding steroid dienone is 2. The molecule has 4 heteroatoms. The van der Waals surface area contributed by atoms with Crippen LogP contribution in [-0.4, -0.2) is 6.65 Å². The summed E-state index contributed by atoms with van der Waals surface area (Å²) >= 11 is -1.97. The summed E-state index contributed by atoms with van der Waals surface area (Å²) in [7, 11) is 0. The second-order valence-electron chi connectivity index (χ2n) is 10.7. The van der Waals surface area contributed by atoms with Crippen LogP contribution in [0.2, 0.25) is 6.04 Å². The van der Waals surface area contributed by atoms with Crippen LogP contribution in [0.25, 0.3) is 34.4 Å². The molecule has 6 rings (SSSR count). The van der Waals surface area contributed by atoms with Crippen LogP contribution in [0, 0.1) is 0 Å². The SMILES string of the molecule is CC.CC[SiH2][Zr+2]([CH]1C(CC)=Cc2c(-c3ccccc3)cccc21)[CH]1C(CC)=Cc2c(-c3ccccc3)cccc21.[Cl-].[Cl-]. The van der Waals surface area contributed by atoms with E-state index in [1.54, 1.807) is 22.3 Å². The zero-order valence-corrected chi connectivity index (χ0v) is 31.0. The van der Waals surface area contributed by atoms with Crippen LogP contribution in [0.5, 0.6) is 0 Å². The van der Waals surface area contributed by atoms with Crippen molar-refractivity contribution in [1.29, 1.82) is 0 Å². The Kier molecular flexibility index (Phi) is 13.3. The smallest absolute Gasteiger partial charge is 1.00 e. The molecule has 0 aromatic heterocycles. The monoisotopic (exact) mass is 687 g/mol. The van der Waals surface area contributed by atoms with Gasteiger partial charge in [-0.25, -0.2) is 0 Å². The number of benzene rings is 4. The van der Waals surface area contributed by atoms with Crippen molar-refractivity contribution in [2.75, 3.05) is 0 Å². The molecule has 0 N–H and O–H groups in total. The Labute approximate surface area is 276 Å². The summed E-state index contributed by atoms with van der Waals surface area (Å²) in [6, 6.07) is 37.8. The Morgan fingerprint density at radius 1 is 0.548 bits per heavy atom. The fraction of sp³-hybridized carbons (Fsp3) is 0.263. The molecule has 0 fully saturated rings. The summed E-state index contributed by atoms with van der Waals surface area (Å²) in [5, 5.41) is 0. The number of fused-ring (bicyclic) bond motifs is 2. The minimum Gasteiger partial charge on any atom is -1.00 e. The van der Waals surface area contributed by atoms with Gasteiger partial charge >= 0.3 is 239 Å². The van der Waals surface area contributed by atoms with Crippen LogP contribution in [0.15, 0.2) is 108 Å². The molecule has 217 valence electrons. The van der Waals surface area contributed by atoms with Crippen LogP contribution in [0.4, 0.5) is 0 Å². The third-order valence-corrected chi connectivity index (χ3v) is 29.4. The van der Waals surface area contributed by atoms with Crippen molar-refractivity contribution in [2.45, 2.75) is 60.8 Å². The van der Waals surface area contributed by atoms with E-state index in [4.69, 9.17) is 0 Å². The van der Waals surface area contributed by atoms with E-state index >= 15 is 0 Å². The summed E-state index contributed by atoms with van der Waals surface area (Å²) in [6.07, 6.45) is 7.56. The minimum absolute atomic E-state index is 0. The normalized spacial score (nSPS) is 16.3. The molecular weight excluding hydrogens is 647 g/mol. The molecule has 42 heavy (non-hydrogen) atoms. The van der Waals surface area contributed by atoms with E-state index in [2.05, 4.69) is 130 Å². The van der Waals surface area contributed by atoms with Crippen molar-refractivity contribution in [3.05, 3.63) is 130 Å². The average Bonchev–Trinajstić information content (AvgIpc) is 3.60. The molecule has 0 heterocycles. The van der Waals surface area contributed by atoms with E-state index in [1.165, 1.54) is 52.3 Å². The Balaban J connectivity index is 0.00000119. The number of halogens is 2. The van der Waals surface area contributed by atoms with Gasteiger partial charge in [0.2, 0.25) is 0 Å². The van der Waals surface area contributed by atoms with Gasteiger partial charge in [-0.1, -0.05) is 13.8 Å². The van der Waals surface area contributed by atoms with E-state index in [-0.39, 0.29) is 31.5 Å². The van der Waals surface area contributed by atoms with E-state index in [9.17, 15) is 0 Å². The van der Waals surface area contributed by atoms with E-state index in [1.807, 2.05) is 13.8 Å². The Hall–Kier alpha value is -1.96. The van der Waals surface area contributed by atoms with Gasteiger partial charge < -0.3 is 24.8 Å². The molecule has 2 aliphatic carbocycles. The van der Waals surface area contributed by atoms with Crippen molar-refractivity contribution >= 4 is 18.8 Å². The molecule has 4 aromatic rings. The molecule has 0 spiro atoms. The maximum absolute atomic E-state index is 2.61. The first-order chi connectivity index (χ1) is 19.7. The second-order valence-corrected chi connectivity index (χ2v) is 26.4. The van der Waals surface area contributed by atoms with E-state index in [0.717, 1.165) is 7.25 Å². The van der Waals surface area contributed by atoms with E-state index < -0.39 is 20.9 Å². The van der Waals surface area contributed by atoms with Gasteiger partial charge in [-0.3, -0.25) is 0 Å². The molecule has 2 atom stereocenters. The molecule has 0 radical (unpaired) electrons. The van der Waals surface area contributed by atoms with Gasteiger partial charge in [-0.15, -0.1) is 0 Å². The Morgan fingerprint density at radius 3 is 1.31 bits per heavy atom. The Morgan fingerprint density at radius 2 is 0.952 bits per heavy atom. The van der Waals surface area contributed by atoms with Crippen LogP contribution >= 0.6 is 0 Å². The van der Waals surface area contributed by atoms with Crippen molar-refractivity contribution in [3.63, 3.8) is 0 Å². The number of rotatable bonds is 8. The quantitative estimate of drug-likeness (QED) is 0.238. The third kappa shape index (κ3) is 6.58. The summed E-state index contributed by atoms with van der Waals surface area (Å²) in [5.41, 5.74) is 15.3. The van der Waals surface area contributed by atoms with Crippen LogP contribution in [0.3, 0.4) is 0 Å². The largest absolute Gasteiger partial charge is 1.00 e. The minimum atomic E-state index is -1.97. The standard InChI is InChI=1S/2C17H15.C2H7Si.C2H6.2ClH.Zr/c2*1-2-13-11-15-9-6-10-16(17(15)12-13)14-7-4-3-5-8-14;1-2-3;1-2;;;/h2*3-12H,2H2,1H3;2-3H2,1H3;1-2H3;2*1H;/q;;;;;;+2/p-2. The maximum atomic E-state index is 2.61. The fourth-order valence-corrected chi connectivity index (χ4v) is 30.0. The summed E-state index contributed by atoms with van der Waals surface area (Å²) in [4.78, 5) is 0. The topological polar surface area (TPSA) is 0 Å². The summed E-state index contributed by atoms with van der Waals surface area (Å²) in [5.74, 6) is 0. The van der Waals surface area contributed by atoms with Gasteiger partial charge in [0.15, 0.2) is 0 Å². The molecule has 0 bridgehead atoms. The molecule has 0 amide bonds. The predicted octanol–water partition coefficient (Wildman–Crippen LogP) is 4.59. The molecule has 0 saturated carbocycles. The first kappa shape index (κ1) is 34.5. The first-order valence-electron chi connectivity index (χ1n) is 15.4. The van der Waals surface area contributed by atoms with Crippen molar-refractivity contribution < 1.29 is 45.7 Å². The molecule has 2 aliphatic rings.